The number of anilines is 1. The van der Waals surface area contributed by atoms with Crippen LogP contribution >= 0.6 is 0 Å². The molecule has 0 aliphatic heterocycles. The summed E-state index contributed by atoms with van der Waals surface area (Å²) in [4.78, 5) is 0.0497. The van der Waals surface area contributed by atoms with E-state index in [0.29, 0.717) is 34.3 Å². The molecule has 0 aliphatic carbocycles. The molecule has 0 saturated carbocycles. The van der Waals surface area contributed by atoms with Crippen LogP contribution in [0.2, 0.25) is 0 Å². The van der Waals surface area contributed by atoms with Crippen LogP contribution in [-0.2, 0) is 10.0 Å². The van der Waals surface area contributed by atoms with Gasteiger partial charge in [0.25, 0.3) is 10.0 Å². The fourth-order valence-corrected chi connectivity index (χ4v) is 4.16. The lowest BCUT2D eigenvalue weighted by atomic mass is 10.1. The highest BCUT2D eigenvalue weighted by Crippen LogP contribution is 2.28. The lowest BCUT2D eigenvalue weighted by Crippen LogP contribution is -2.22. The average Bonchev–Trinajstić information content (AvgIpc) is 3.02. The van der Waals surface area contributed by atoms with Gasteiger partial charge in [0.2, 0.25) is 5.96 Å². The van der Waals surface area contributed by atoms with Crippen LogP contribution in [0.5, 0.6) is 0 Å². The van der Waals surface area contributed by atoms with E-state index in [-0.39, 0.29) is 10.9 Å². The normalized spacial score (nSPS) is 12.3. The van der Waals surface area contributed by atoms with Crippen LogP contribution in [0.15, 0.2) is 63.8 Å². The molecule has 3 rings (SSSR count). The van der Waals surface area contributed by atoms with Crippen molar-refractivity contribution in [2.75, 3.05) is 5.73 Å². The zero-order chi connectivity index (χ0) is 20.5. The summed E-state index contributed by atoms with van der Waals surface area (Å²) in [6.07, 6.45) is 1.79. The maximum atomic E-state index is 13.9. The molecule has 0 radical (unpaired) electrons. The molecule has 2 aromatic carbocycles. The second-order valence-corrected chi connectivity index (χ2v) is 7.81. The number of fused-ring (bicyclic) bond motifs is 1. The molecule has 10 heteroatoms. The molecule has 8 nitrogen and oxygen atoms in total. The van der Waals surface area contributed by atoms with Gasteiger partial charge in [0, 0.05) is 22.8 Å². The smallest absolute Gasteiger partial charge is 0.268 e. The van der Waals surface area contributed by atoms with Gasteiger partial charge in [-0.1, -0.05) is 6.92 Å². The molecule has 28 heavy (non-hydrogen) atoms. The minimum absolute atomic E-state index is 0.0497. The van der Waals surface area contributed by atoms with Crippen molar-refractivity contribution in [2.45, 2.75) is 18.2 Å². The molecule has 146 valence electrons. The van der Waals surface area contributed by atoms with Crippen LogP contribution in [0.25, 0.3) is 10.9 Å². The van der Waals surface area contributed by atoms with Crippen molar-refractivity contribution in [1.82, 2.24) is 3.97 Å². The van der Waals surface area contributed by atoms with Gasteiger partial charge in [0.15, 0.2) is 0 Å². The van der Waals surface area contributed by atoms with Gasteiger partial charge in [-0.15, -0.1) is 5.10 Å². The highest BCUT2D eigenvalue weighted by molar-refractivity contribution is 7.90. The summed E-state index contributed by atoms with van der Waals surface area (Å²) in [5.74, 6) is -0.746. The number of benzene rings is 2. The first-order chi connectivity index (χ1) is 13.2. The van der Waals surface area contributed by atoms with Crippen LogP contribution in [-0.4, -0.2) is 24.1 Å². The topological polar surface area (TPSA) is 142 Å². The molecular weight excluding hydrogens is 383 g/mol. The highest BCUT2D eigenvalue weighted by Gasteiger charge is 2.23. The van der Waals surface area contributed by atoms with E-state index in [9.17, 15) is 12.8 Å². The Bertz CT molecular complexity index is 1190. The van der Waals surface area contributed by atoms with E-state index in [4.69, 9.17) is 17.2 Å². The molecule has 0 aliphatic rings. The molecular formula is C18H19FN6O2S. The van der Waals surface area contributed by atoms with Crippen molar-refractivity contribution in [2.24, 2.45) is 21.7 Å². The Morgan fingerprint density at radius 1 is 1.11 bits per heavy atom. The number of halogens is 1. The Hall–Kier alpha value is -3.40. The monoisotopic (exact) mass is 402 g/mol. The van der Waals surface area contributed by atoms with E-state index in [1.165, 1.54) is 48.7 Å². The van der Waals surface area contributed by atoms with E-state index in [1.807, 2.05) is 0 Å². The number of aromatic nitrogens is 1. The Morgan fingerprint density at radius 3 is 2.39 bits per heavy atom. The first-order valence-electron chi connectivity index (χ1n) is 8.31. The van der Waals surface area contributed by atoms with Crippen molar-refractivity contribution in [3.63, 3.8) is 0 Å². The van der Waals surface area contributed by atoms with Crippen LogP contribution in [0.4, 0.5) is 10.1 Å². The fraction of sp³-hybridized carbons (Fsp3) is 0.111. The van der Waals surface area contributed by atoms with Gasteiger partial charge in [-0.3, -0.25) is 0 Å². The summed E-state index contributed by atoms with van der Waals surface area (Å²) < 4.78 is 41.3. The number of nitrogens with zero attached hydrogens (tertiary/aromatic N) is 3. The van der Waals surface area contributed by atoms with Gasteiger partial charge in [0.1, 0.15) is 5.82 Å². The summed E-state index contributed by atoms with van der Waals surface area (Å²) in [5, 5.41) is 7.99. The van der Waals surface area contributed by atoms with Crippen molar-refractivity contribution < 1.29 is 12.8 Å². The maximum Gasteiger partial charge on any atom is 0.268 e. The molecule has 1 aromatic heterocycles. The summed E-state index contributed by atoms with van der Waals surface area (Å²) >= 11 is 0. The molecule has 3 aromatic rings. The molecule has 0 spiro atoms. The number of hydrogen-bond acceptors (Lipinski definition) is 5. The Morgan fingerprint density at radius 2 is 1.79 bits per heavy atom. The van der Waals surface area contributed by atoms with Gasteiger partial charge < -0.3 is 17.2 Å². The number of nitrogens with two attached hydrogens (primary N) is 3. The predicted molar refractivity (Wildman–Crippen MR) is 108 cm³/mol. The van der Waals surface area contributed by atoms with Crippen molar-refractivity contribution in [1.29, 1.82) is 0 Å². The first-order valence-corrected chi connectivity index (χ1v) is 9.75. The molecule has 6 N–H and O–H groups in total. The average molecular weight is 402 g/mol. The molecule has 1 heterocycles. The van der Waals surface area contributed by atoms with Gasteiger partial charge in [-0.2, -0.15) is 5.10 Å². The third-order valence-corrected chi connectivity index (χ3v) is 5.79. The van der Waals surface area contributed by atoms with E-state index in [0.717, 1.165) is 3.97 Å². The quantitative estimate of drug-likeness (QED) is 0.259. The Kier molecular flexibility index (Phi) is 5.06. The summed E-state index contributed by atoms with van der Waals surface area (Å²) in [7, 11) is -3.95. The zero-order valence-electron chi connectivity index (χ0n) is 15.0. The Balaban J connectivity index is 2.29. The molecule has 0 atom stereocenters. The fourth-order valence-electron chi connectivity index (χ4n) is 2.79. The third-order valence-electron chi connectivity index (χ3n) is 4.10. The maximum absolute atomic E-state index is 13.9. The molecule has 0 unspecified atom stereocenters. The number of hydrogen-bond donors (Lipinski definition) is 3. The summed E-state index contributed by atoms with van der Waals surface area (Å²) in [5.41, 5.74) is 17.9. The minimum atomic E-state index is -3.95. The Labute approximate surface area is 161 Å². The van der Waals surface area contributed by atoms with Crippen LogP contribution in [0.1, 0.15) is 18.9 Å². The predicted octanol–water partition coefficient (Wildman–Crippen LogP) is 1.99. The minimum Gasteiger partial charge on any atom is -0.399 e. The van der Waals surface area contributed by atoms with Crippen molar-refractivity contribution in [3.8, 4) is 0 Å². The summed E-state index contributed by atoms with van der Waals surface area (Å²) in [6, 6.07) is 9.66. The SMILES string of the molecule is CC/C(=N/N=C(N)N)c1cn(S(=O)(=O)c2ccc(N)cc2)c2ccc(F)cc12. The van der Waals surface area contributed by atoms with Gasteiger partial charge in [-0.05, 0) is 48.9 Å². The van der Waals surface area contributed by atoms with E-state index >= 15 is 0 Å². The molecule has 0 bridgehead atoms. The van der Waals surface area contributed by atoms with E-state index in [2.05, 4.69) is 10.2 Å². The van der Waals surface area contributed by atoms with Gasteiger partial charge in [0.05, 0.1) is 16.1 Å². The van der Waals surface area contributed by atoms with E-state index < -0.39 is 15.8 Å². The molecule has 0 saturated heterocycles. The van der Waals surface area contributed by atoms with Crippen LogP contribution in [0.3, 0.4) is 0 Å². The zero-order valence-corrected chi connectivity index (χ0v) is 15.8. The largest absolute Gasteiger partial charge is 0.399 e. The molecule has 0 fully saturated rings. The van der Waals surface area contributed by atoms with Crippen molar-refractivity contribution in [3.05, 3.63) is 60.0 Å². The lowest BCUT2D eigenvalue weighted by Gasteiger charge is -2.07. The number of nitrogen functional groups attached to an aromatic ring is 1. The van der Waals surface area contributed by atoms with Crippen LogP contribution in [0, 0.1) is 5.82 Å². The van der Waals surface area contributed by atoms with Crippen LogP contribution < -0.4 is 17.2 Å². The standard InChI is InChI=1S/C18H19FN6O2S/c1-2-16(23-24-18(21)22)15-10-25(17-8-3-11(19)9-14(15)17)28(26,27)13-6-4-12(20)5-7-13/h3-10H,2,20H2,1H3,(H4,21,22,24)/b23-16-. The summed E-state index contributed by atoms with van der Waals surface area (Å²) in [6.45, 7) is 1.80. The number of guanidine groups is 1. The van der Waals surface area contributed by atoms with Crippen molar-refractivity contribution >= 4 is 38.3 Å². The second kappa shape index (κ2) is 7.31. The lowest BCUT2D eigenvalue weighted by molar-refractivity contribution is 0.589. The third kappa shape index (κ3) is 3.54. The molecule has 0 amide bonds. The highest BCUT2D eigenvalue weighted by atomic mass is 32.2. The number of rotatable bonds is 5. The van der Waals surface area contributed by atoms with E-state index in [1.54, 1.807) is 6.92 Å². The van der Waals surface area contributed by atoms with Gasteiger partial charge in [-0.25, -0.2) is 16.8 Å². The van der Waals surface area contributed by atoms with Gasteiger partial charge >= 0.3 is 0 Å². The second-order valence-electron chi connectivity index (χ2n) is 6.00. The first kappa shape index (κ1) is 19.4.